The van der Waals surface area contributed by atoms with Gasteiger partial charge in [-0.2, -0.15) is 0 Å². The van der Waals surface area contributed by atoms with Crippen LogP contribution in [-0.4, -0.2) is 34.1 Å². The van der Waals surface area contributed by atoms with Gasteiger partial charge in [0.15, 0.2) is 0 Å². The Morgan fingerprint density at radius 1 is 1.47 bits per heavy atom. The number of carboxylic acids is 1. The molecule has 1 fully saturated rings. The number of aliphatic carboxylic acids is 1. The van der Waals surface area contributed by atoms with Crippen LogP contribution in [0.15, 0.2) is 6.20 Å². The number of hydrogen-bond donors (Lipinski definition) is 1. The monoisotopic (exact) mass is 235 g/mol. The molecular formula is C12H17N3O2. The lowest BCUT2D eigenvalue weighted by molar-refractivity contribution is -0.145. The number of nitrogens with zero attached hydrogens (tertiary/aromatic N) is 3. The van der Waals surface area contributed by atoms with Crippen LogP contribution < -0.4 is 4.90 Å². The van der Waals surface area contributed by atoms with E-state index in [9.17, 15) is 4.79 Å². The average Bonchev–Trinajstić information content (AvgIpc) is 2.19. The van der Waals surface area contributed by atoms with Crippen LogP contribution >= 0.6 is 0 Å². The Hall–Kier alpha value is -1.65. The summed E-state index contributed by atoms with van der Waals surface area (Å²) in [5.74, 6) is -0.216. The maximum Gasteiger partial charge on any atom is 0.306 e. The number of aryl methyl sites for hydroxylation is 2. The first-order chi connectivity index (χ1) is 7.99. The van der Waals surface area contributed by atoms with Crippen molar-refractivity contribution >= 4 is 11.9 Å². The third-order valence-electron chi connectivity index (χ3n) is 3.54. The van der Waals surface area contributed by atoms with Gasteiger partial charge in [-0.3, -0.25) is 4.79 Å². The number of aromatic nitrogens is 2. The first-order valence-corrected chi connectivity index (χ1v) is 5.75. The van der Waals surface area contributed by atoms with Crippen molar-refractivity contribution in [2.75, 3.05) is 11.9 Å². The van der Waals surface area contributed by atoms with Crippen molar-refractivity contribution in [1.82, 2.24) is 9.97 Å². The van der Waals surface area contributed by atoms with Crippen molar-refractivity contribution < 1.29 is 9.90 Å². The zero-order chi connectivity index (χ0) is 12.6. The molecular weight excluding hydrogens is 218 g/mol. The summed E-state index contributed by atoms with van der Waals surface area (Å²) in [4.78, 5) is 21.4. The number of hydrogen-bond acceptors (Lipinski definition) is 4. The zero-order valence-electron chi connectivity index (χ0n) is 10.3. The fourth-order valence-corrected chi connectivity index (χ4v) is 1.95. The van der Waals surface area contributed by atoms with E-state index in [0.717, 1.165) is 11.3 Å². The maximum atomic E-state index is 10.7. The molecule has 1 heterocycles. The fraction of sp³-hybridized carbons (Fsp3) is 0.583. The highest BCUT2D eigenvalue weighted by Crippen LogP contribution is 2.32. The van der Waals surface area contributed by atoms with Crippen LogP contribution in [0.4, 0.5) is 5.95 Å². The Kier molecular flexibility index (Phi) is 3.00. The summed E-state index contributed by atoms with van der Waals surface area (Å²) in [7, 11) is 1.92. The highest BCUT2D eigenvalue weighted by atomic mass is 16.4. The summed E-state index contributed by atoms with van der Waals surface area (Å²) in [5.41, 5.74) is 2.04. The van der Waals surface area contributed by atoms with Crippen molar-refractivity contribution in [3.8, 4) is 0 Å². The molecule has 92 valence electrons. The lowest BCUT2D eigenvalue weighted by Crippen LogP contribution is -2.46. The van der Waals surface area contributed by atoms with Crippen molar-refractivity contribution in [3.63, 3.8) is 0 Å². The third kappa shape index (κ3) is 2.23. The van der Waals surface area contributed by atoms with Crippen molar-refractivity contribution in [2.24, 2.45) is 5.92 Å². The van der Waals surface area contributed by atoms with Gasteiger partial charge in [0.25, 0.3) is 0 Å². The minimum atomic E-state index is -0.698. The molecule has 0 unspecified atom stereocenters. The second kappa shape index (κ2) is 4.31. The van der Waals surface area contributed by atoms with Gasteiger partial charge in [-0.05, 0) is 32.3 Å². The SMILES string of the molecule is Cc1cnc(N(C)C2CC(C(=O)O)C2)nc1C. The van der Waals surface area contributed by atoms with Gasteiger partial charge in [-0.1, -0.05) is 0 Å². The Balaban J connectivity index is 2.03. The Morgan fingerprint density at radius 2 is 2.12 bits per heavy atom. The summed E-state index contributed by atoms with van der Waals surface area (Å²) >= 11 is 0. The van der Waals surface area contributed by atoms with Crippen LogP contribution in [0.25, 0.3) is 0 Å². The van der Waals surface area contributed by atoms with E-state index in [1.165, 1.54) is 0 Å². The molecule has 5 nitrogen and oxygen atoms in total. The smallest absolute Gasteiger partial charge is 0.306 e. The predicted octanol–water partition coefficient (Wildman–Crippen LogP) is 1.39. The number of anilines is 1. The van der Waals surface area contributed by atoms with E-state index >= 15 is 0 Å². The minimum Gasteiger partial charge on any atom is -0.481 e. The van der Waals surface area contributed by atoms with Gasteiger partial charge >= 0.3 is 5.97 Å². The number of carboxylic acid groups (broad SMARTS) is 1. The Bertz CT molecular complexity index is 441. The molecule has 5 heteroatoms. The van der Waals surface area contributed by atoms with E-state index in [2.05, 4.69) is 9.97 Å². The minimum absolute atomic E-state index is 0.200. The van der Waals surface area contributed by atoms with E-state index in [-0.39, 0.29) is 12.0 Å². The van der Waals surface area contributed by atoms with Crippen molar-refractivity contribution in [2.45, 2.75) is 32.7 Å². The second-order valence-corrected chi connectivity index (χ2v) is 4.71. The fourth-order valence-electron chi connectivity index (χ4n) is 1.95. The first kappa shape index (κ1) is 11.8. The van der Waals surface area contributed by atoms with E-state index < -0.39 is 5.97 Å². The molecule has 2 rings (SSSR count). The van der Waals surface area contributed by atoms with Crippen molar-refractivity contribution in [1.29, 1.82) is 0 Å². The molecule has 0 radical (unpaired) electrons. The van der Waals surface area contributed by atoms with Gasteiger partial charge < -0.3 is 10.0 Å². The Labute approximate surface area is 100 Å². The average molecular weight is 235 g/mol. The van der Waals surface area contributed by atoms with Crippen LogP contribution in [0.5, 0.6) is 0 Å². The molecule has 1 aromatic rings. The molecule has 0 atom stereocenters. The molecule has 0 spiro atoms. The van der Waals surface area contributed by atoms with Crippen LogP contribution in [0.3, 0.4) is 0 Å². The topological polar surface area (TPSA) is 66.3 Å². The van der Waals surface area contributed by atoms with Gasteiger partial charge in [0, 0.05) is 25.0 Å². The van der Waals surface area contributed by atoms with E-state index in [1.807, 2.05) is 32.0 Å². The molecule has 0 amide bonds. The normalized spacial score (nSPS) is 23.0. The number of rotatable bonds is 3. The maximum absolute atomic E-state index is 10.7. The standard InChI is InChI=1S/C12H17N3O2/c1-7-6-13-12(14-8(7)2)15(3)10-4-9(5-10)11(16)17/h6,9-10H,4-5H2,1-3H3,(H,16,17). The second-order valence-electron chi connectivity index (χ2n) is 4.71. The largest absolute Gasteiger partial charge is 0.481 e. The summed E-state index contributed by atoms with van der Waals surface area (Å²) in [5, 5.41) is 8.83. The summed E-state index contributed by atoms with van der Waals surface area (Å²) in [6.45, 7) is 3.93. The highest BCUT2D eigenvalue weighted by Gasteiger charge is 2.37. The molecule has 17 heavy (non-hydrogen) atoms. The molecule has 1 aromatic heterocycles. The Morgan fingerprint density at radius 3 is 2.65 bits per heavy atom. The van der Waals surface area contributed by atoms with Crippen LogP contribution in [0.1, 0.15) is 24.1 Å². The molecule has 0 aromatic carbocycles. The van der Waals surface area contributed by atoms with E-state index in [1.54, 1.807) is 0 Å². The lowest BCUT2D eigenvalue weighted by atomic mass is 9.79. The van der Waals surface area contributed by atoms with Gasteiger partial charge in [0.1, 0.15) is 0 Å². The summed E-state index contributed by atoms with van der Waals surface area (Å²) in [6.07, 6.45) is 3.17. The van der Waals surface area contributed by atoms with Gasteiger partial charge in [0.2, 0.25) is 5.95 Å². The predicted molar refractivity (Wildman–Crippen MR) is 64.1 cm³/mol. The lowest BCUT2D eigenvalue weighted by Gasteiger charge is -2.39. The molecule has 0 saturated heterocycles. The molecule has 1 aliphatic rings. The molecule has 1 N–H and O–H groups in total. The molecule has 0 aliphatic heterocycles. The summed E-state index contributed by atoms with van der Waals surface area (Å²) < 4.78 is 0. The van der Waals surface area contributed by atoms with E-state index in [4.69, 9.17) is 5.11 Å². The van der Waals surface area contributed by atoms with Crippen LogP contribution in [0.2, 0.25) is 0 Å². The molecule has 1 aliphatic carbocycles. The summed E-state index contributed by atoms with van der Waals surface area (Å²) in [6, 6.07) is 0.248. The van der Waals surface area contributed by atoms with Gasteiger partial charge in [-0.25, -0.2) is 9.97 Å². The highest BCUT2D eigenvalue weighted by molar-refractivity contribution is 5.71. The molecule has 1 saturated carbocycles. The van der Waals surface area contributed by atoms with Crippen LogP contribution in [0, 0.1) is 19.8 Å². The van der Waals surface area contributed by atoms with Gasteiger partial charge in [-0.15, -0.1) is 0 Å². The van der Waals surface area contributed by atoms with E-state index in [0.29, 0.717) is 18.8 Å². The third-order valence-corrected chi connectivity index (χ3v) is 3.54. The van der Waals surface area contributed by atoms with Gasteiger partial charge in [0.05, 0.1) is 5.92 Å². The van der Waals surface area contributed by atoms with Crippen LogP contribution in [-0.2, 0) is 4.79 Å². The number of carbonyl (C=O) groups is 1. The first-order valence-electron chi connectivity index (χ1n) is 5.75. The quantitative estimate of drug-likeness (QED) is 0.857. The van der Waals surface area contributed by atoms with Crippen molar-refractivity contribution in [3.05, 3.63) is 17.5 Å². The molecule has 0 bridgehead atoms. The zero-order valence-corrected chi connectivity index (χ0v) is 10.3.